The summed E-state index contributed by atoms with van der Waals surface area (Å²) in [5, 5.41) is 14.3. The molecule has 3 aromatic rings. The molecule has 2 heterocycles. The Labute approximate surface area is 156 Å². The Kier molecular flexibility index (Phi) is 6.37. The fourth-order valence-electron chi connectivity index (χ4n) is 3.22. The third kappa shape index (κ3) is 4.69. The number of aromatic nitrogens is 1. The molecule has 0 radical (unpaired) electrons. The first-order valence-corrected chi connectivity index (χ1v) is 9.50. The van der Waals surface area contributed by atoms with Gasteiger partial charge < -0.3 is 10.4 Å². The highest BCUT2D eigenvalue weighted by molar-refractivity contribution is 5.85. The molecule has 0 bridgehead atoms. The molecule has 1 aromatic heterocycles. The van der Waals surface area contributed by atoms with Gasteiger partial charge in [0.2, 0.25) is 0 Å². The number of fused-ring (bicyclic) bond motifs is 1. The summed E-state index contributed by atoms with van der Waals surface area (Å²) in [7, 11) is 0. The quantitative estimate of drug-likeness (QED) is 0.683. The molecule has 2 aromatic carbocycles. The van der Waals surface area contributed by atoms with E-state index in [0.717, 1.165) is 27.7 Å². The van der Waals surface area contributed by atoms with Crippen molar-refractivity contribution in [3.05, 3.63) is 65.7 Å². The van der Waals surface area contributed by atoms with Crippen LogP contribution < -0.4 is 5.32 Å². The number of benzene rings is 2. The number of aliphatic hydroxyl groups is 1. The van der Waals surface area contributed by atoms with Crippen LogP contribution in [-0.4, -0.2) is 23.2 Å². The summed E-state index contributed by atoms with van der Waals surface area (Å²) < 4.78 is 0. The van der Waals surface area contributed by atoms with Gasteiger partial charge in [-0.1, -0.05) is 54.4 Å². The van der Waals surface area contributed by atoms with Crippen LogP contribution in [0.2, 0.25) is 0 Å². The summed E-state index contributed by atoms with van der Waals surface area (Å²) in [5.74, 6) is 0. The molecule has 0 spiro atoms. The summed E-state index contributed by atoms with van der Waals surface area (Å²) in [5.41, 5.74) is 5.04. The topological polar surface area (TPSA) is 45.1 Å². The summed E-state index contributed by atoms with van der Waals surface area (Å²) in [4.78, 5) is 4.71. The monoisotopic (exact) mass is 348 g/mol. The molecule has 1 fully saturated rings. The van der Waals surface area contributed by atoms with Crippen molar-refractivity contribution in [2.24, 2.45) is 0 Å². The molecule has 0 aliphatic carbocycles. The number of rotatable bonds is 2. The van der Waals surface area contributed by atoms with E-state index in [4.69, 9.17) is 4.98 Å². The molecule has 4 rings (SSSR count). The second kappa shape index (κ2) is 8.93. The maximum atomic E-state index is 10.0. The SMILES string of the molecule is C1CCNCC1.Cc1ccc(-c2cc([C@H](C)O)c3ccccc3n2)cc1. The second-order valence-electron chi connectivity index (χ2n) is 6.97. The largest absolute Gasteiger partial charge is 0.389 e. The van der Waals surface area contributed by atoms with Crippen molar-refractivity contribution in [3.63, 3.8) is 0 Å². The number of pyridine rings is 1. The predicted molar refractivity (Wildman–Crippen MR) is 109 cm³/mol. The summed E-state index contributed by atoms with van der Waals surface area (Å²) >= 11 is 0. The van der Waals surface area contributed by atoms with Crippen LogP contribution in [0, 0.1) is 6.92 Å². The first-order chi connectivity index (χ1) is 12.6. The van der Waals surface area contributed by atoms with Crippen LogP contribution in [0.5, 0.6) is 0 Å². The number of piperidine rings is 1. The summed E-state index contributed by atoms with van der Waals surface area (Å²) in [6, 6.07) is 18.2. The van der Waals surface area contributed by atoms with Crippen LogP contribution in [0.25, 0.3) is 22.2 Å². The fraction of sp³-hybridized carbons (Fsp3) is 0.348. The summed E-state index contributed by atoms with van der Waals surface area (Å²) in [6.45, 7) is 6.36. The van der Waals surface area contributed by atoms with Crippen LogP contribution >= 0.6 is 0 Å². The number of hydrogen-bond donors (Lipinski definition) is 2. The van der Waals surface area contributed by atoms with E-state index in [0.29, 0.717) is 0 Å². The zero-order valence-corrected chi connectivity index (χ0v) is 15.7. The molecule has 3 heteroatoms. The average Bonchev–Trinajstić information content (AvgIpc) is 2.69. The molecular weight excluding hydrogens is 320 g/mol. The van der Waals surface area contributed by atoms with Crippen molar-refractivity contribution >= 4 is 10.9 Å². The standard InChI is InChI=1S/C18H17NO.C5H11N/c1-12-7-9-14(10-8-12)18-11-16(13(2)20)15-5-3-4-6-17(15)19-18;1-2-4-6-5-3-1/h3-11,13,20H,1-2H3;6H,1-5H2/t13-;/m0./s1. The van der Waals surface area contributed by atoms with Crippen LogP contribution in [0.1, 0.15) is 43.4 Å². The molecule has 0 saturated carbocycles. The van der Waals surface area contributed by atoms with Crippen molar-refractivity contribution < 1.29 is 5.11 Å². The van der Waals surface area contributed by atoms with Gasteiger partial charge in [-0.15, -0.1) is 0 Å². The molecular formula is C23H28N2O. The molecule has 3 nitrogen and oxygen atoms in total. The van der Waals surface area contributed by atoms with E-state index >= 15 is 0 Å². The van der Waals surface area contributed by atoms with E-state index in [-0.39, 0.29) is 0 Å². The number of nitrogens with one attached hydrogen (secondary N) is 1. The molecule has 1 saturated heterocycles. The normalized spacial score (nSPS) is 15.2. The van der Waals surface area contributed by atoms with Gasteiger partial charge >= 0.3 is 0 Å². The smallest absolute Gasteiger partial charge is 0.0769 e. The van der Waals surface area contributed by atoms with E-state index in [2.05, 4.69) is 36.5 Å². The third-order valence-corrected chi connectivity index (χ3v) is 4.75. The van der Waals surface area contributed by atoms with Crippen molar-refractivity contribution in [1.29, 1.82) is 0 Å². The Hall–Kier alpha value is -2.23. The van der Waals surface area contributed by atoms with E-state index in [1.165, 1.54) is 37.9 Å². The first kappa shape index (κ1) is 18.6. The Morgan fingerprint density at radius 1 is 0.962 bits per heavy atom. The first-order valence-electron chi connectivity index (χ1n) is 9.50. The minimum absolute atomic E-state index is 0.507. The van der Waals surface area contributed by atoms with E-state index in [1.54, 1.807) is 6.92 Å². The van der Waals surface area contributed by atoms with Gasteiger partial charge in [0.05, 0.1) is 17.3 Å². The molecule has 1 atom stereocenters. The van der Waals surface area contributed by atoms with E-state index in [1.807, 2.05) is 30.3 Å². The van der Waals surface area contributed by atoms with Gasteiger partial charge in [-0.3, -0.25) is 0 Å². The lowest BCUT2D eigenvalue weighted by Crippen LogP contribution is -2.21. The lowest BCUT2D eigenvalue weighted by Gasteiger charge is -2.12. The lowest BCUT2D eigenvalue weighted by molar-refractivity contribution is 0.201. The number of para-hydroxylation sites is 1. The van der Waals surface area contributed by atoms with Crippen LogP contribution in [0.15, 0.2) is 54.6 Å². The van der Waals surface area contributed by atoms with Gasteiger partial charge in [0.15, 0.2) is 0 Å². The highest BCUT2D eigenvalue weighted by Crippen LogP contribution is 2.28. The second-order valence-corrected chi connectivity index (χ2v) is 6.97. The van der Waals surface area contributed by atoms with Crippen molar-refractivity contribution in [2.45, 2.75) is 39.2 Å². The Bertz CT molecular complexity index is 825. The average molecular weight is 348 g/mol. The Balaban J connectivity index is 0.000000278. The van der Waals surface area contributed by atoms with Crippen molar-refractivity contribution in [3.8, 4) is 11.3 Å². The Morgan fingerprint density at radius 2 is 1.65 bits per heavy atom. The van der Waals surface area contributed by atoms with Gasteiger partial charge in [-0.25, -0.2) is 4.98 Å². The molecule has 0 amide bonds. The van der Waals surface area contributed by atoms with Crippen LogP contribution in [0.4, 0.5) is 0 Å². The van der Waals surface area contributed by atoms with Crippen LogP contribution in [0.3, 0.4) is 0 Å². The summed E-state index contributed by atoms with van der Waals surface area (Å²) in [6.07, 6.45) is 3.71. The number of aliphatic hydroxyl groups excluding tert-OH is 1. The highest BCUT2D eigenvalue weighted by Gasteiger charge is 2.10. The van der Waals surface area contributed by atoms with E-state index < -0.39 is 6.10 Å². The predicted octanol–water partition coefficient (Wildman–Crippen LogP) is 5.02. The third-order valence-electron chi connectivity index (χ3n) is 4.75. The zero-order valence-electron chi connectivity index (χ0n) is 15.7. The highest BCUT2D eigenvalue weighted by atomic mass is 16.3. The minimum Gasteiger partial charge on any atom is -0.389 e. The van der Waals surface area contributed by atoms with Gasteiger partial charge in [0.25, 0.3) is 0 Å². The van der Waals surface area contributed by atoms with Crippen molar-refractivity contribution in [1.82, 2.24) is 10.3 Å². The lowest BCUT2D eigenvalue weighted by atomic mass is 10.0. The van der Waals surface area contributed by atoms with Crippen molar-refractivity contribution in [2.75, 3.05) is 13.1 Å². The van der Waals surface area contributed by atoms with E-state index in [9.17, 15) is 5.11 Å². The molecule has 1 aliphatic rings. The van der Waals surface area contributed by atoms with Crippen LogP contribution in [-0.2, 0) is 0 Å². The maximum Gasteiger partial charge on any atom is 0.0769 e. The van der Waals surface area contributed by atoms with Gasteiger partial charge in [0, 0.05) is 10.9 Å². The number of hydrogen-bond acceptors (Lipinski definition) is 3. The minimum atomic E-state index is -0.507. The molecule has 2 N–H and O–H groups in total. The number of aryl methyl sites for hydroxylation is 1. The van der Waals surface area contributed by atoms with Gasteiger partial charge in [0.1, 0.15) is 0 Å². The number of nitrogens with zero attached hydrogens (tertiary/aromatic N) is 1. The van der Waals surface area contributed by atoms with Gasteiger partial charge in [-0.05, 0) is 57.5 Å². The molecule has 0 unspecified atom stereocenters. The Morgan fingerprint density at radius 3 is 2.23 bits per heavy atom. The molecule has 1 aliphatic heterocycles. The maximum absolute atomic E-state index is 10.0. The fourth-order valence-corrected chi connectivity index (χ4v) is 3.22. The molecule has 136 valence electrons. The zero-order chi connectivity index (χ0) is 18.4. The molecule has 26 heavy (non-hydrogen) atoms. The van der Waals surface area contributed by atoms with Gasteiger partial charge in [-0.2, -0.15) is 0 Å².